The van der Waals surface area contributed by atoms with Crippen LogP contribution in [0.15, 0.2) is 60.8 Å². The number of hydrogen-bond donors (Lipinski definition) is 2. The van der Waals surface area contributed by atoms with Crippen molar-refractivity contribution < 1.29 is 14.3 Å². The van der Waals surface area contributed by atoms with Gasteiger partial charge in [-0.1, -0.05) is 42.5 Å². The molecule has 33 heavy (non-hydrogen) atoms. The fourth-order valence-electron chi connectivity index (χ4n) is 4.55. The number of carbonyl (C=O) groups excluding carboxylic acids is 1. The van der Waals surface area contributed by atoms with Gasteiger partial charge in [0.05, 0.1) is 11.7 Å². The van der Waals surface area contributed by atoms with E-state index >= 15 is 0 Å². The smallest absolute Gasteiger partial charge is 0.272 e. The molecular formula is C26H25FN4O2. The second kappa shape index (κ2) is 8.67. The molecule has 0 bridgehead atoms. The maximum atomic E-state index is 14.4. The van der Waals surface area contributed by atoms with Crippen molar-refractivity contribution in [1.82, 2.24) is 19.8 Å². The third-order valence-electron chi connectivity index (χ3n) is 6.29. The first-order valence-corrected chi connectivity index (χ1v) is 11.1. The highest BCUT2D eigenvalue weighted by molar-refractivity contribution is 6.01. The molecule has 0 spiro atoms. The highest BCUT2D eigenvalue weighted by Gasteiger charge is 2.29. The number of benzene rings is 2. The van der Waals surface area contributed by atoms with Crippen LogP contribution in [-0.4, -0.2) is 51.7 Å². The summed E-state index contributed by atoms with van der Waals surface area (Å²) in [5.41, 5.74) is 4.96. The summed E-state index contributed by atoms with van der Waals surface area (Å²) in [6.45, 7) is 4.41. The number of nitrogens with one attached hydrogen (secondary N) is 1. The number of rotatable bonds is 4. The summed E-state index contributed by atoms with van der Waals surface area (Å²) in [5, 5.41) is 17.9. The molecule has 0 radical (unpaired) electrons. The minimum absolute atomic E-state index is 0.0202. The van der Waals surface area contributed by atoms with Gasteiger partial charge in [-0.3, -0.25) is 4.79 Å². The van der Waals surface area contributed by atoms with Crippen LogP contribution in [0.3, 0.4) is 0 Å². The van der Waals surface area contributed by atoms with Gasteiger partial charge in [0.25, 0.3) is 5.91 Å². The van der Waals surface area contributed by atoms with Gasteiger partial charge in [0.2, 0.25) is 0 Å². The molecule has 1 aliphatic rings. The van der Waals surface area contributed by atoms with E-state index in [1.165, 1.54) is 12.3 Å². The van der Waals surface area contributed by atoms with E-state index in [1.807, 2.05) is 41.3 Å². The first-order valence-electron chi connectivity index (χ1n) is 11.1. The minimum Gasteiger partial charge on any atom is -0.506 e. The molecular weight excluding hydrogens is 419 g/mol. The monoisotopic (exact) mass is 444 g/mol. The Bertz CT molecular complexity index is 1330. The van der Waals surface area contributed by atoms with Gasteiger partial charge in [0, 0.05) is 44.2 Å². The van der Waals surface area contributed by atoms with E-state index in [9.17, 15) is 14.3 Å². The van der Waals surface area contributed by atoms with Crippen LogP contribution in [0.25, 0.3) is 16.6 Å². The van der Waals surface area contributed by atoms with Crippen molar-refractivity contribution in [2.75, 3.05) is 26.2 Å². The van der Waals surface area contributed by atoms with Crippen LogP contribution in [0.1, 0.15) is 27.2 Å². The van der Waals surface area contributed by atoms with Crippen molar-refractivity contribution in [2.45, 2.75) is 13.3 Å². The van der Waals surface area contributed by atoms with Crippen LogP contribution in [0.4, 0.5) is 4.39 Å². The minimum atomic E-state index is -0.275. The van der Waals surface area contributed by atoms with Gasteiger partial charge in [-0.25, -0.2) is 8.91 Å². The fraction of sp³-hybridized carbons (Fsp3) is 0.231. The maximum Gasteiger partial charge on any atom is 0.272 e. The van der Waals surface area contributed by atoms with E-state index in [1.54, 1.807) is 23.6 Å². The summed E-state index contributed by atoms with van der Waals surface area (Å²) >= 11 is 0. The van der Waals surface area contributed by atoms with Gasteiger partial charge in [0.1, 0.15) is 17.3 Å². The lowest BCUT2D eigenvalue weighted by Crippen LogP contribution is -2.47. The summed E-state index contributed by atoms with van der Waals surface area (Å²) in [6, 6.07) is 16.4. The van der Waals surface area contributed by atoms with Gasteiger partial charge in [-0.15, -0.1) is 0 Å². The molecule has 4 aromatic rings. The number of nitrogens with zero attached hydrogens (tertiary/aromatic N) is 3. The summed E-state index contributed by atoms with van der Waals surface area (Å²) < 4.78 is 16.0. The molecule has 0 atom stereocenters. The summed E-state index contributed by atoms with van der Waals surface area (Å²) in [7, 11) is 0. The topological polar surface area (TPSA) is 69.9 Å². The van der Waals surface area contributed by atoms with Gasteiger partial charge in [-0.05, 0) is 35.2 Å². The van der Waals surface area contributed by atoms with Gasteiger partial charge in [0.15, 0.2) is 0 Å². The molecule has 3 heterocycles. The van der Waals surface area contributed by atoms with Crippen LogP contribution in [-0.2, 0) is 6.42 Å². The first kappa shape index (κ1) is 21.2. The lowest BCUT2D eigenvalue weighted by Gasteiger charge is -2.27. The Balaban J connectivity index is 1.79. The Morgan fingerprint density at radius 1 is 1.12 bits per heavy atom. The molecule has 6 nitrogen and oxygen atoms in total. The molecule has 1 fully saturated rings. The summed E-state index contributed by atoms with van der Waals surface area (Å²) in [5.74, 6) is -0.369. The second-order valence-electron chi connectivity index (χ2n) is 8.32. The number of fused-ring (bicyclic) bond motifs is 1. The molecule has 2 aromatic heterocycles. The van der Waals surface area contributed by atoms with Crippen LogP contribution >= 0.6 is 0 Å². The molecule has 0 saturated carbocycles. The van der Waals surface area contributed by atoms with E-state index in [0.717, 1.165) is 35.3 Å². The van der Waals surface area contributed by atoms with E-state index < -0.39 is 0 Å². The molecule has 1 saturated heterocycles. The average molecular weight is 445 g/mol. The van der Waals surface area contributed by atoms with Crippen molar-refractivity contribution in [1.29, 1.82) is 0 Å². The Morgan fingerprint density at radius 3 is 2.64 bits per heavy atom. The van der Waals surface area contributed by atoms with Crippen LogP contribution < -0.4 is 5.32 Å². The zero-order chi connectivity index (χ0) is 22.9. The Kier molecular flexibility index (Phi) is 5.56. The lowest BCUT2D eigenvalue weighted by atomic mass is 9.93. The van der Waals surface area contributed by atoms with E-state index in [-0.39, 0.29) is 17.5 Å². The maximum absolute atomic E-state index is 14.4. The highest BCUT2D eigenvalue weighted by atomic mass is 19.1. The molecule has 1 amide bonds. The normalized spacial score (nSPS) is 14.1. The zero-order valence-corrected chi connectivity index (χ0v) is 18.4. The predicted octanol–water partition coefficient (Wildman–Crippen LogP) is 3.79. The second-order valence-corrected chi connectivity index (χ2v) is 8.32. The third kappa shape index (κ3) is 3.85. The molecule has 5 rings (SSSR count). The average Bonchev–Trinajstić information content (AvgIpc) is 3.15. The van der Waals surface area contributed by atoms with Crippen molar-refractivity contribution in [2.24, 2.45) is 0 Å². The quantitative estimate of drug-likeness (QED) is 0.503. The van der Waals surface area contributed by atoms with Gasteiger partial charge < -0.3 is 15.3 Å². The molecule has 0 unspecified atom stereocenters. The summed E-state index contributed by atoms with van der Waals surface area (Å²) in [4.78, 5) is 15.6. The Labute approximate surface area is 191 Å². The molecule has 1 aliphatic heterocycles. The largest absolute Gasteiger partial charge is 0.506 e. The van der Waals surface area contributed by atoms with Crippen LogP contribution in [0.5, 0.6) is 5.75 Å². The van der Waals surface area contributed by atoms with Crippen molar-refractivity contribution in [3.8, 4) is 16.9 Å². The number of aromatic hydroxyl groups is 1. The first-order chi connectivity index (χ1) is 16.0. The van der Waals surface area contributed by atoms with Crippen molar-refractivity contribution in [3.05, 3.63) is 89.0 Å². The standard InChI is InChI=1S/C26H25FN4O2/c1-17-19(8-5-9-22(17)27)14-21-24(18-6-3-2-4-7-18)23-15-20(32)16-29-31(23)25(21)26(33)30-12-10-28-11-13-30/h2-9,15-16,28,32H,10-14H2,1H3. The van der Waals surface area contributed by atoms with E-state index in [2.05, 4.69) is 10.4 Å². The summed E-state index contributed by atoms with van der Waals surface area (Å²) in [6.07, 6.45) is 1.71. The van der Waals surface area contributed by atoms with Gasteiger partial charge in [-0.2, -0.15) is 5.10 Å². The van der Waals surface area contributed by atoms with E-state index in [4.69, 9.17) is 0 Å². The zero-order valence-electron chi connectivity index (χ0n) is 18.4. The number of piperazine rings is 1. The number of amides is 1. The van der Waals surface area contributed by atoms with Crippen molar-refractivity contribution >= 4 is 11.4 Å². The Morgan fingerprint density at radius 2 is 1.88 bits per heavy atom. The molecule has 168 valence electrons. The van der Waals surface area contributed by atoms with Crippen molar-refractivity contribution in [3.63, 3.8) is 0 Å². The fourth-order valence-corrected chi connectivity index (χ4v) is 4.55. The number of halogens is 1. The Hall–Kier alpha value is -3.71. The molecule has 0 aliphatic carbocycles. The number of hydrogen-bond acceptors (Lipinski definition) is 4. The number of aromatic nitrogens is 2. The highest BCUT2D eigenvalue weighted by Crippen LogP contribution is 2.37. The van der Waals surface area contributed by atoms with Crippen LogP contribution in [0, 0.1) is 12.7 Å². The molecule has 2 aromatic carbocycles. The van der Waals surface area contributed by atoms with Gasteiger partial charge >= 0.3 is 0 Å². The van der Waals surface area contributed by atoms with E-state index in [0.29, 0.717) is 36.3 Å². The lowest BCUT2D eigenvalue weighted by molar-refractivity contribution is 0.0726. The molecule has 2 N–H and O–H groups in total. The molecule has 7 heteroatoms. The SMILES string of the molecule is Cc1c(F)cccc1Cc1c(-c2ccccc2)c2cc(O)cnn2c1C(=O)N1CCNCC1. The third-order valence-corrected chi connectivity index (χ3v) is 6.29. The number of carbonyl (C=O) groups is 1. The van der Waals surface area contributed by atoms with Crippen LogP contribution in [0.2, 0.25) is 0 Å². The predicted molar refractivity (Wildman–Crippen MR) is 125 cm³/mol.